The maximum atomic E-state index is 11.2. The van der Waals surface area contributed by atoms with Gasteiger partial charge >= 0.3 is 5.97 Å². The first-order valence-corrected chi connectivity index (χ1v) is 9.83. The highest BCUT2D eigenvalue weighted by molar-refractivity contribution is 5.89. The average molecular weight is 389 g/mol. The highest BCUT2D eigenvalue weighted by Crippen LogP contribution is 2.19. The molecule has 2 rings (SSSR count). The summed E-state index contributed by atoms with van der Waals surface area (Å²) >= 11 is 0. The van der Waals surface area contributed by atoms with Crippen molar-refractivity contribution >= 4 is 17.6 Å². The fourth-order valence-electron chi connectivity index (χ4n) is 2.66. The van der Waals surface area contributed by atoms with Gasteiger partial charge in [-0.15, -0.1) is 0 Å². The molecule has 0 aliphatic carbocycles. The molecule has 2 aromatic rings. The van der Waals surface area contributed by atoms with Crippen LogP contribution < -0.4 is 4.74 Å². The Morgan fingerprint density at radius 3 is 2.28 bits per heavy atom. The van der Waals surface area contributed by atoms with Crippen molar-refractivity contribution in [2.75, 3.05) is 13.2 Å². The van der Waals surface area contributed by atoms with Gasteiger partial charge in [-0.25, -0.2) is 4.79 Å². The number of hydrogen-bond donors (Lipinski definition) is 0. The number of ether oxygens (including phenoxy) is 2. The minimum absolute atomic E-state index is 0.322. The van der Waals surface area contributed by atoms with Gasteiger partial charge < -0.3 is 9.47 Å². The van der Waals surface area contributed by atoms with Gasteiger partial charge in [-0.1, -0.05) is 49.0 Å². The monoisotopic (exact) mass is 389 g/mol. The SMILES string of the molecule is C=C(C)C(=O)OCCCCCCOc1ccc(C=C(C#N)c2ccccc2)cc1. The molecule has 0 saturated heterocycles. The molecule has 4 heteroatoms. The van der Waals surface area contributed by atoms with Gasteiger partial charge in [0, 0.05) is 5.57 Å². The summed E-state index contributed by atoms with van der Waals surface area (Å²) in [6.45, 7) is 6.29. The summed E-state index contributed by atoms with van der Waals surface area (Å²) in [7, 11) is 0. The standard InChI is InChI=1S/C25H27NO3/c1-20(2)25(27)29-17-9-4-3-8-16-28-24-14-12-21(13-15-24)18-23(19-26)22-10-6-5-7-11-22/h5-7,10-15,18H,1,3-4,8-9,16-17H2,2H3. The van der Waals surface area contributed by atoms with Crippen LogP contribution in [0.15, 0.2) is 66.7 Å². The Morgan fingerprint density at radius 2 is 1.66 bits per heavy atom. The predicted molar refractivity (Wildman–Crippen MR) is 116 cm³/mol. The van der Waals surface area contributed by atoms with Gasteiger partial charge in [0.1, 0.15) is 5.75 Å². The summed E-state index contributed by atoms with van der Waals surface area (Å²) < 4.78 is 10.8. The molecule has 2 aromatic carbocycles. The van der Waals surface area contributed by atoms with Crippen molar-refractivity contribution in [3.05, 3.63) is 77.9 Å². The first kappa shape index (κ1) is 22.0. The number of nitrogens with zero attached hydrogens (tertiary/aromatic N) is 1. The maximum absolute atomic E-state index is 11.2. The summed E-state index contributed by atoms with van der Waals surface area (Å²) in [5, 5.41) is 9.40. The molecule has 0 aromatic heterocycles. The van der Waals surface area contributed by atoms with E-state index in [9.17, 15) is 10.1 Å². The number of allylic oxidation sites excluding steroid dienone is 1. The number of hydrogen-bond acceptors (Lipinski definition) is 4. The van der Waals surface area contributed by atoms with E-state index in [0.717, 1.165) is 42.6 Å². The van der Waals surface area contributed by atoms with Gasteiger partial charge in [-0.05, 0) is 61.9 Å². The average Bonchev–Trinajstić information content (AvgIpc) is 2.75. The Hall–Kier alpha value is -3.32. The maximum Gasteiger partial charge on any atom is 0.333 e. The molecular formula is C25H27NO3. The molecule has 4 nitrogen and oxygen atoms in total. The number of esters is 1. The molecule has 0 atom stereocenters. The van der Waals surface area contributed by atoms with Gasteiger partial charge in [0.05, 0.1) is 24.9 Å². The molecular weight excluding hydrogens is 362 g/mol. The van der Waals surface area contributed by atoms with Crippen LogP contribution in [0.4, 0.5) is 0 Å². The number of rotatable bonds is 11. The smallest absolute Gasteiger partial charge is 0.333 e. The second-order valence-corrected chi connectivity index (χ2v) is 6.78. The number of unbranched alkanes of at least 4 members (excludes halogenated alkanes) is 3. The van der Waals surface area contributed by atoms with Gasteiger partial charge in [-0.3, -0.25) is 0 Å². The van der Waals surface area contributed by atoms with Crippen LogP contribution in [0.3, 0.4) is 0 Å². The Balaban J connectivity index is 1.69. The van der Waals surface area contributed by atoms with Crippen LogP contribution in [0.5, 0.6) is 5.75 Å². The fourth-order valence-corrected chi connectivity index (χ4v) is 2.66. The molecule has 150 valence electrons. The summed E-state index contributed by atoms with van der Waals surface area (Å²) in [4.78, 5) is 11.2. The lowest BCUT2D eigenvalue weighted by Crippen LogP contribution is -2.06. The van der Waals surface area contributed by atoms with Crippen LogP contribution >= 0.6 is 0 Å². The highest BCUT2D eigenvalue weighted by Gasteiger charge is 2.02. The van der Waals surface area contributed by atoms with Crippen molar-refractivity contribution < 1.29 is 14.3 Å². The largest absolute Gasteiger partial charge is 0.494 e. The third-order valence-electron chi connectivity index (χ3n) is 4.29. The highest BCUT2D eigenvalue weighted by atomic mass is 16.5. The molecule has 0 bridgehead atoms. The minimum Gasteiger partial charge on any atom is -0.494 e. The van der Waals surface area contributed by atoms with Crippen molar-refractivity contribution in [2.45, 2.75) is 32.6 Å². The molecule has 0 spiro atoms. The Labute approximate surface area is 173 Å². The third kappa shape index (κ3) is 8.06. The Bertz CT molecular complexity index is 861. The van der Waals surface area contributed by atoms with Gasteiger partial charge in [-0.2, -0.15) is 5.26 Å². The minimum atomic E-state index is -0.322. The molecule has 0 radical (unpaired) electrons. The van der Waals surface area contributed by atoms with E-state index < -0.39 is 0 Å². The lowest BCUT2D eigenvalue weighted by Gasteiger charge is -2.07. The van der Waals surface area contributed by atoms with Crippen LogP contribution in [0, 0.1) is 11.3 Å². The zero-order chi connectivity index (χ0) is 20.9. The summed E-state index contributed by atoms with van der Waals surface area (Å²) in [6.07, 6.45) is 5.69. The molecule has 0 heterocycles. The molecule has 0 N–H and O–H groups in total. The summed E-state index contributed by atoms with van der Waals surface area (Å²) in [6, 6.07) is 19.6. The number of carbonyl (C=O) groups excluding carboxylic acids is 1. The van der Waals surface area contributed by atoms with Crippen LogP contribution in [0.25, 0.3) is 11.6 Å². The van der Waals surface area contributed by atoms with Gasteiger partial charge in [0.15, 0.2) is 0 Å². The van der Waals surface area contributed by atoms with E-state index in [0.29, 0.717) is 24.4 Å². The van der Waals surface area contributed by atoms with E-state index in [1.807, 2.05) is 60.7 Å². The van der Waals surface area contributed by atoms with Crippen molar-refractivity contribution in [3.63, 3.8) is 0 Å². The van der Waals surface area contributed by atoms with E-state index in [1.54, 1.807) is 6.92 Å². The molecule has 29 heavy (non-hydrogen) atoms. The van der Waals surface area contributed by atoms with Crippen molar-refractivity contribution in [3.8, 4) is 11.8 Å². The molecule has 0 unspecified atom stereocenters. The van der Waals surface area contributed by atoms with Crippen LogP contribution in [0.2, 0.25) is 0 Å². The summed E-state index contributed by atoms with van der Waals surface area (Å²) in [5.74, 6) is 0.494. The first-order chi connectivity index (χ1) is 14.1. The third-order valence-corrected chi connectivity index (χ3v) is 4.29. The molecule has 0 aliphatic rings. The second-order valence-electron chi connectivity index (χ2n) is 6.78. The Morgan fingerprint density at radius 1 is 1.00 bits per heavy atom. The Kier molecular flexibility index (Phi) is 9.24. The van der Waals surface area contributed by atoms with Crippen LogP contribution in [-0.2, 0) is 9.53 Å². The van der Waals surface area contributed by atoms with Gasteiger partial charge in [0.2, 0.25) is 0 Å². The van der Waals surface area contributed by atoms with E-state index in [2.05, 4.69) is 12.6 Å². The molecule has 0 amide bonds. The normalized spacial score (nSPS) is 10.8. The summed E-state index contributed by atoms with van der Waals surface area (Å²) in [5.41, 5.74) is 2.93. The quantitative estimate of drug-likeness (QED) is 0.160. The van der Waals surface area contributed by atoms with Crippen LogP contribution in [0.1, 0.15) is 43.7 Å². The topological polar surface area (TPSA) is 59.3 Å². The van der Waals surface area contributed by atoms with E-state index in [1.165, 1.54) is 0 Å². The molecule has 0 saturated carbocycles. The van der Waals surface area contributed by atoms with E-state index in [-0.39, 0.29) is 5.97 Å². The van der Waals surface area contributed by atoms with Crippen LogP contribution in [-0.4, -0.2) is 19.2 Å². The lowest BCUT2D eigenvalue weighted by molar-refractivity contribution is -0.139. The van der Waals surface area contributed by atoms with Crippen molar-refractivity contribution in [1.29, 1.82) is 5.26 Å². The second kappa shape index (κ2) is 12.2. The molecule has 0 fully saturated rings. The first-order valence-electron chi connectivity index (χ1n) is 9.83. The van der Waals surface area contributed by atoms with Crippen molar-refractivity contribution in [2.24, 2.45) is 0 Å². The van der Waals surface area contributed by atoms with E-state index >= 15 is 0 Å². The van der Waals surface area contributed by atoms with Crippen molar-refractivity contribution in [1.82, 2.24) is 0 Å². The lowest BCUT2D eigenvalue weighted by atomic mass is 10.0. The zero-order valence-electron chi connectivity index (χ0n) is 16.9. The van der Waals surface area contributed by atoms with Gasteiger partial charge in [0.25, 0.3) is 0 Å². The fraction of sp³-hybridized carbons (Fsp3) is 0.280. The predicted octanol–water partition coefficient (Wildman–Crippen LogP) is 5.81. The molecule has 0 aliphatic heterocycles. The number of nitriles is 1. The number of carbonyl (C=O) groups is 1. The van der Waals surface area contributed by atoms with E-state index in [4.69, 9.17) is 9.47 Å². The zero-order valence-corrected chi connectivity index (χ0v) is 16.9. The number of benzene rings is 2.